The number of hydrogen-bond acceptors (Lipinski definition) is 5. The van der Waals surface area contributed by atoms with Crippen LogP contribution in [0.3, 0.4) is 0 Å². The van der Waals surface area contributed by atoms with Crippen LogP contribution in [0.1, 0.15) is 49.4 Å². The molecular weight excluding hydrogens is 533 g/mol. The number of nitro groups is 1. The second kappa shape index (κ2) is 9.47. The minimum absolute atomic E-state index is 0.0633. The molecule has 41 heavy (non-hydrogen) atoms. The molecular formula is C32H25F3N2O4. The van der Waals surface area contributed by atoms with Crippen LogP contribution >= 0.6 is 0 Å². The predicted molar refractivity (Wildman–Crippen MR) is 150 cm³/mol. The molecule has 4 aromatic carbocycles. The Labute approximate surface area is 233 Å². The van der Waals surface area contributed by atoms with Crippen LogP contribution in [0, 0.1) is 15.5 Å². The Bertz CT molecular complexity index is 1760. The number of ether oxygens (including phenoxy) is 1. The fraction of sp³-hybridized carbons (Fsp3) is 0.219. The third-order valence-electron chi connectivity index (χ3n) is 7.66. The normalized spacial score (nSPS) is 18.0. The molecule has 4 aromatic rings. The topological polar surface area (TPSA) is 81.5 Å². The molecule has 0 amide bonds. The van der Waals surface area contributed by atoms with E-state index in [1.807, 2.05) is 30.3 Å². The summed E-state index contributed by atoms with van der Waals surface area (Å²) in [5, 5.41) is 16.7. The molecule has 1 aliphatic carbocycles. The summed E-state index contributed by atoms with van der Waals surface area (Å²) in [5.74, 6) is -0.351. The molecule has 0 radical (unpaired) electrons. The number of alkyl halides is 3. The summed E-state index contributed by atoms with van der Waals surface area (Å²) < 4.78 is 46.4. The molecule has 6 nitrogen and oxygen atoms in total. The van der Waals surface area contributed by atoms with Crippen molar-refractivity contribution >= 4 is 33.5 Å². The number of ketones is 1. The summed E-state index contributed by atoms with van der Waals surface area (Å²) in [5.41, 5.74) is 2.31. The average Bonchev–Trinajstić information content (AvgIpc) is 2.91. The van der Waals surface area contributed by atoms with Gasteiger partial charge in [-0.15, -0.1) is 0 Å². The largest absolute Gasteiger partial charge is 0.457 e. The predicted octanol–water partition coefficient (Wildman–Crippen LogP) is 8.87. The lowest BCUT2D eigenvalue weighted by atomic mass is 9.68. The van der Waals surface area contributed by atoms with Crippen molar-refractivity contribution in [1.29, 1.82) is 0 Å². The summed E-state index contributed by atoms with van der Waals surface area (Å²) in [6.45, 7) is 4.19. The number of anilines is 1. The molecule has 9 heteroatoms. The van der Waals surface area contributed by atoms with E-state index in [0.717, 1.165) is 51.7 Å². The van der Waals surface area contributed by atoms with E-state index in [4.69, 9.17) is 4.74 Å². The van der Waals surface area contributed by atoms with Crippen molar-refractivity contribution in [1.82, 2.24) is 0 Å². The Kier molecular flexibility index (Phi) is 6.13. The van der Waals surface area contributed by atoms with E-state index in [0.29, 0.717) is 18.1 Å². The standard InChI is InChI=1S/C32H25F3N2O4/c1-31(2)16-23-28-22-6-4-3-5-18(22)9-13-25(28)36-30(29(23)26(38)17-31)19-7-11-21(12-8-19)41-27-14-10-20(37(39)40)15-24(27)32(33,34)35/h3-15,30,36H,16-17H2,1-2H3. The lowest BCUT2D eigenvalue weighted by Crippen LogP contribution is -2.33. The molecule has 1 heterocycles. The van der Waals surface area contributed by atoms with E-state index in [2.05, 4.69) is 25.2 Å². The van der Waals surface area contributed by atoms with Gasteiger partial charge in [-0.1, -0.05) is 56.3 Å². The molecule has 1 atom stereocenters. The van der Waals surface area contributed by atoms with E-state index in [9.17, 15) is 28.1 Å². The number of non-ortho nitro benzene ring substituents is 1. The van der Waals surface area contributed by atoms with Crippen LogP contribution in [0.25, 0.3) is 16.3 Å². The van der Waals surface area contributed by atoms with Crippen molar-refractivity contribution in [2.24, 2.45) is 5.41 Å². The number of fused-ring (bicyclic) bond motifs is 4. The van der Waals surface area contributed by atoms with Crippen LogP contribution in [-0.2, 0) is 11.0 Å². The van der Waals surface area contributed by atoms with Gasteiger partial charge in [0.2, 0.25) is 0 Å². The van der Waals surface area contributed by atoms with Gasteiger partial charge in [-0.3, -0.25) is 14.9 Å². The molecule has 0 saturated carbocycles. The first kappa shape index (κ1) is 26.6. The summed E-state index contributed by atoms with van der Waals surface area (Å²) in [6, 6.07) is 20.6. The van der Waals surface area contributed by atoms with Crippen molar-refractivity contribution in [2.75, 3.05) is 5.32 Å². The van der Waals surface area contributed by atoms with Gasteiger partial charge in [-0.05, 0) is 58.0 Å². The smallest absolute Gasteiger partial charge is 0.420 e. The van der Waals surface area contributed by atoms with Gasteiger partial charge in [0.25, 0.3) is 5.69 Å². The summed E-state index contributed by atoms with van der Waals surface area (Å²) >= 11 is 0. The quantitative estimate of drug-likeness (QED) is 0.200. The maximum absolute atomic E-state index is 13.6. The highest BCUT2D eigenvalue weighted by Gasteiger charge is 2.41. The fourth-order valence-electron chi connectivity index (χ4n) is 5.88. The van der Waals surface area contributed by atoms with Crippen molar-refractivity contribution in [2.45, 2.75) is 38.9 Å². The molecule has 6 rings (SSSR count). The number of allylic oxidation sites excluding steroid dienone is 1. The molecule has 1 aliphatic heterocycles. The van der Waals surface area contributed by atoms with E-state index in [1.165, 1.54) is 12.1 Å². The van der Waals surface area contributed by atoms with Crippen LogP contribution in [0.4, 0.5) is 24.5 Å². The monoisotopic (exact) mass is 558 g/mol. The number of Topliss-reactive ketones (excluding diaryl/α,β-unsaturated/α-hetero) is 1. The Morgan fingerprint density at radius 1 is 0.976 bits per heavy atom. The van der Waals surface area contributed by atoms with Crippen LogP contribution in [0.15, 0.2) is 84.4 Å². The second-order valence-electron chi connectivity index (χ2n) is 11.2. The van der Waals surface area contributed by atoms with Crippen molar-refractivity contribution in [3.63, 3.8) is 0 Å². The third-order valence-corrected chi connectivity index (χ3v) is 7.66. The summed E-state index contributed by atoms with van der Waals surface area (Å²) in [7, 11) is 0. The van der Waals surface area contributed by atoms with Crippen LogP contribution in [0.2, 0.25) is 0 Å². The lowest BCUT2D eigenvalue weighted by Gasteiger charge is -2.40. The van der Waals surface area contributed by atoms with Gasteiger partial charge in [0, 0.05) is 35.4 Å². The Morgan fingerprint density at radius 2 is 1.71 bits per heavy atom. The zero-order valence-electron chi connectivity index (χ0n) is 22.2. The maximum Gasteiger partial charge on any atom is 0.420 e. The number of halogens is 3. The van der Waals surface area contributed by atoms with Gasteiger partial charge in [0.15, 0.2) is 5.78 Å². The average molecular weight is 559 g/mol. The molecule has 0 fully saturated rings. The fourth-order valence-corrected chi connectivity index (χ4v) is 5.88. The van der Waals surface area contributed by atoms with E-state index < -0.39 is 34.1 Å². The Hall–Kier alpha value is -4.66. The number of benzene rings is 4. The molecule has 0 bridgehead atoms. The minimum Gasteiger partial charge on any atom is -0.457 e. The Balaban J connectivity index is 1.39. The maximum atomic E-state index is 13.6. The summed E-state index contributed by atoms with van der Waals surface area (Å²) in [4.78, 5) is 23.7. The van der Waals surface area contributed by atoms with E-state index >= 15 is 0 Å². The second-order valence-corrected chi connectivity index (χ2v) is 11.2. The first-order valence-corrected chi connectivity index (χ1v) is 13.1. The van der Waals surface area contributed by atoms with E-state index in [1.54, 1.807) is 12.1 Å². The van der Waals surface area contributed by atoms with Crippen molar-refractivity contribution < 1.29 is 27.6 Å². The number of carbonyl (C=O) groups excluding carboxylic acids is 1. The molecule has 2 aliphatic rings. The summed E-state index contributed by atoms with van der Waals surface area (Å²) in [6.07, 6.45) is -3.70. The number of carbonyl (C=O) groups is 1. The molecule has 1 N–H and O–H groups in total. The number of nitrogens with zero attached hydrogens (tertiary/aromatic N) is 1. The van der Waals surface area contributed by atoms with Crippen LogP contribution in [-0.4, -0.2) is 10.7 Å². The van der Waals surface area contributed by atoms with Gasteiger partial charge in [-0.2, -0.15) is 13.2 Å². The highest BCUT2D eigenvalue weighted by molar-refractivity contribution is 6.12. The number of nitro benzene ring substituents is 1. The number of rotatable bonds is 4. The molecule has 0 saturated heterocycles. The lowest BCUT2D eigenvalue weighted by molar-refractivity contribution is -0.385. The molecule has 1 unspecified atom stereocenters. The highest BCUT2D eigenvalue weighted by Crippen LogP contribution is 2.52. The molecule has 0 aromatic heterocycles. The van der Waals surface area contributed by atoms with Crippen LogP contribution < -0.4 is 10.1 Å². The highest BCUT2D eigenvalue weighted by atomic mass is 19.4. The zero-order chi connectivity index (χ0) is 29.1. The number of nitrogens with one attached hydrogen (secondary N) is 1. The SMILES string of the molecule is CC1(C)CC(=O)C2=C(C1)c1c(ccc3ccccc13)NC2c1ccc(Oc2ccc([N+](=O)[O-])cc2C(F)(F)F)cc1. The van der Waals surface area contributed by atoms with Gasteiger partial charge in [0.1, 0.15) is 17.1 Å². The van der Waals surface area contributed by atoms with Crippen LogP contribution in [0.5, 0.6) is 11.5 Å². The molecule has 208 valence electrons. The molecule has 0 spiro atoms. The minimum atomic E-state index is -4.84. The van der Waals surface area contributed by atoms with E-state index in [-0.39, 0.29) is 16.9 Å². The van der Waals surface area contributed by atoms with Gasteiger partial charge in [0.05, 0.1) is 11.0 Å². The zero-order valence-corrected chi connectivity index (χ0v) is 22.2. The van der Waals surface area contributed by atoms with Crippen molar-refractivity contribution in [3.05, 3.63) is 111 Å². The Morgan fingerprint density at radius 3 is 2.41 bits per heavy atom. The third kappa shape index (κ3) is 4.81. The first-order chi connectivity index (χ1) is 19.4. The van der Waals surface area contributed by atoms with Gasteiger partial charge in [-0.25, -0.2) is 0 Å². The first-order valence-electron chi connectivity index (χ1n) is 13.1. The van der Waals surface area contributed by atoms with Crippen molar-refractivity contribution in [3.8, 4) is 11.5 Å². The number of hydrogen-bond donors (Lipinski definition) is 1. The van der Waals surface area contributed by atoms with Gasteiger partial charge < -0.3 is 10.1 Å². The van der Waals surface area contributed by atoms with Gasteiger partial charge >= 0.3 is 6.18 Å².